The summed E-state index contributed by atoms with van der Waals surface area (Å²) in [5, 5.41) is 14.3. The van der Waals surface area contributed by atoms with Gasteiger partial charge in [-0.05, 0) is 25.5 Å². The highest BCUT2D eigenvalue weighted by Gasteiger charge is 2.17. The number of rotatable bonds is 4. The monoisotopic (exact) mass is 289 g/mol. The fourth-order valence-electron chi connectivity index (χ4n) is 2.78. The van der Waals surface area contributed by atoms with E-state index in [1.54, 1.807) is 6.07 Å². The number of aromatic amines is 1. The van der Waals surface area contributed by atoms with Gasteiger partial charge in [-0.3, -0.25) is 10.1 Å². The summed E-state index contributed by atoms with van der Waals surface area (Å²) < 4.78 is 0. The summed E-state index contributed by atoms with van der Waals surface area (Å²) >= 11 is 0. The highest BCUT2D eigenvalue weighted by atomic mass is 16.6. The zero-order valence-electron chi connectivity index (χ0n) is 12.0. The van der Waals surface area contributed by atoms with E-state index in [4.69, 9.17) is 0 Å². The third kappa shape index (κ3) is 2.97. The molecule has 1 aromatic heterocycles. The molecule has 7 heteroatoms. The van der Waals surface area contributed by atoms with Crippen LogP contribution in [0.2, 0.25) is 0 Å². The van der Waals surface area contributed by atoms with Gasteiger partial charge in [-0.1, -0.05) is 6.42 Å². The van der Waals surface area contributed by atoms with E-state index in [1.807, 2.05) is 7.05 Å². The van der Waals surface area contributed by atoms with Crippen LogP contribution in [0.1, 0.15) is 19.3 Å². The largest absolute Gasteiger partial charge is 0.344 e. The van der Waals surface area contributed by atoms with E-state index < -0.39 is 4.92 Å². The van der Waals surface area contributed by atoms with E-state index >= 15 is 0 Å². The molecular formula is C14H19N5O2. The van der Waals surface area contributed by atoms with Crippen LogP contribution in [0.15, 0.2) is 18.2 Å². The lowest BCUT2D eigenvalue weighted by Gasteiger charge is -2.27. The summed E-state index contributed by atoms with van der Waals surface area (Å²) in [6, 6.07) is 5.17. The maximum absolute atomic E-state index is 10.8. The van der Waals surface area contributed by atoms with Gasteiger partial charge in [0.05, 0.1) is 16.0 Å². The Balaban J connectivity index is 1.78. The predicted molar refractivity (Wildman–Crippen MR) is 81.7 cm³/mol. The number of benzene rings is 1. The number of anilines is 1. The molecule has 0 saturated carbocycles. The highest BCUT2D eigenvalue weighted by molar-refractivity contribution is 5.80. The zero-order chi connectivity index (χ0) is 14.8. The van der Waals surface area contributed by atoms with E-state index in [0.717, 1.165) is 24.6 Å². The molecule has 1 aromatic carbocycles. The lowest BCUT2D eigenvalue weighted by Crippen LogP contribution is -2.42. The quantitative estimate of drug-likeness (QED) is 0.664. The first-order chi connectivity index (χ1) is 10.1. The molecule has 7 nitrogen and oxygen atoms in total. The van der Waals surface area contributed by atoms with Crippen LogP contribution in [0.5, 0.6) is 0 Å². The summed E-state index contributed by atoms with van der Waals surface area (Å²) in [7, 11) is 1.99. The van der Waals surface area contributed by atoms with E-state index in [2.05, 4.69) is 20.2 Å². The molecule has 2 N–H and O–H groups in total. The Labute approximate surface area is 122 Å². The third-order valence-electron chi connectivity index (χ3n) is 3.93. The van der Waals surface area contributed by atoms with Crippen molar-refractivity contribution in [3.05, 3.63) is 28.3 Å². The summed E-state index contributed by atoms with van der Waals surface area (Å²) in [4.78, 5) is 20.1. The number of nitrogens with zero attached hydrogens (tertiary/aromatic N) is 3. The number of fused-ring (bicyclic) bond motifs is 1. The molecule has 0 amide bonds. The number of hydrogen-bond donors (Lipinski definition) is 2. The Bertz CT molecular complexity index is 648. The molecule has 1 unspecified atom stereocenters. The van der Waals surface area contributed by atoms with Crippen LogP contribution < -0.4 is 10.2 Å². The van der Waals surface area contributed by atoms with Gasteiger partial charge >= 0.3 is 0 Å². The summed E-state index contributed by atoms with van der Waals surface area (Å²) in [6.45, 7) is 1.95. The number of imidazole rings is 1. The first-order valence-electron chi connectivity index (χ1n) is 7.22. The van der Waals surface area contributed by atoms with Crippen molar-refractivity contribution in [2.24, 2.45) is 0 Å². The molecule has 0 aliphatic carbocycles. The maximum Gasteiger partial charge on any atom is 0.271 e. The van der Waals surface area contributed by atoms with Gasteiger partial charge in [-0.2, -0.15) is 0 Å². The number of nitro groups is 1. The fourth-order valence-corrected chi connectivity index (χ4v) is 2.78. The Hall–Kier alpha value is -2.15. The normalized spacial score (nSPS) is 18.8. The van der Waals surface area contributed by atoms with Crippen LogP contribution in [0.3, 0.4) is 0 Å². The van der Waals surface area contributed by atoms with Crippen molar-refractivity contribution >= 4 is 22.7 Å². The van der Waals surface area contributed by atoms with E-state index in [1.165, 1.54) is 31.4 Å². The highest BCUT2D eigenvalue weighted by Crippen LogP contribution is 2.22. The fraction of sp³-hybridized carbons (Fsp3) is 0.500. The second-order valence-corrected chi connectivity index (χ2v) is 5.55. The Morgan fingerprint density at radius 3 is 3.05 bits per heavy atom. The molecule has 1 aliphatic heterocycles. The van der Waals surface area contributed by atoms with Crippen LogP contribution in [0.4, 0.5) is 11.6 Å². The molecule has 0 radical (unpaired) electrons. The van der Waals surface area contributed by atoms with E-state index in [9.17, 15) is 10.1 Å². The predicted octanol–water partition coefficient (Wildman–Crippen LogP) is 2.05. The lowest BCUT2D eigenvalue weighted by atomic mass is 10.1. The molecule has 0 spiro atoms. The van der Waals surface area contributed by atoms with Crippen molar-refractivity contribution in [2.75, 3.05) is 25.0 Å². The van der Waals surface area contributed by atoms with Gasteiger partial charge in [-0.15, -0.1) is 0 Å². The molecule has 2 aromatic rings. The second kappa shape index (κ2) is 5.69. The minimum absolute atomic E-state index is 0.0781. The van der Waals surface area contributed by atoms with Crippen LogP contribution in [-0.2, 0) is 0 Å². The van der Waals surface area contributed by atoms with Crippen LogP contribution in [0.25, 0.3) is 11.0 Å². The van der Waals surface area contributed by atoms with Gasteiger partial charge in [0.15, 0.2) is 0 Å². The number of non-ortho nitro benzene ring substituents is 1. The summed E-state index contributed by atoms with van der Waals surface area (Å²) in [5.74, 6) is 0.748. The molecule has 3 rings (SSSR count). The molecule has 0 bridgehead atoms. The standard InChI is InChI=1S/C14H19N5O2/c1-18(9-10-4-2-3-7-15-10)14-16-12-6-5-11(19(20)21)8-13(12)17-14/h5-6,8,10,15H,2-4,7,9H2,1H3,(H,16,17). The third-order valence-corrected chi connectivity index (χ3v) is 3.93. The van der Waals surface area contributed by atoms with Crippen molar-refractivity contribution in [2.45, 2.75) is 25.3 Å². The van der Waals surface area contributed by atoms with Crippen molar-refractivity contribution in [3.63, 3.8) is 0 Å². The minimum Gasteiger partial charge on any atom is -0.344 e. The molecule has 1 fully saturated rings. The Morgan fingerprint density at radius 2 is 2.33 bits per heavy atom. The number of aromatic nitrogens is 2. The van der Waals surface area contributed by atoms with Gasteiger partial charge in [0.25, 0.3) is 5.69 Å². The smallest absolute Gasteiger partial charge is 0.271 e. The molecule has 21 heavy (non-hydrogen) atoms. The van der Waals surface area contributed by atoms with E-state index in [0.29, 0.717) is 11.6 Å². The molecular weight excluding hydrogens is 270 g/mol. The minimum atomic E-state index is -0.393. The van der Waals surface area contributed by atoms with Crippen molar-refractivity contribution in [3.8, 4) is 0 Å². The van der Waals surface area contributed by atoms with Crippen molar-refractivity contribution in [1.29, 1.82) is 0 Å². The summed E-state index contributed by atoms with van der Waals surface area (Å²) in [6.07, 6.45) is 3.68. The number of hydrogen-bond acceptors (Lipinski definition) is 5. The molecule has 112 valence electrons. The lowest BCUT2D eigenvalue weighted by molar-refractivity contribution is -0.384. The van der Waals surface area contributed by atoms with E-state index in [-0.39, 0.29) is 5.69 Å². The second-order valence-electron chi connectivity index (χ2n) is 5.55. The number of likely N-dealkylation sites (N-methyl/N-ethyl adjacent to an activating group) is 1. The van der Waals surface area contributed by atoms with Gasteiger partial charge in [-0.25, -0.2) is 4.98 Å². The SMILES string of the molecule is CN(CC1CCCCN1)c1nc2ccc([N+](=O)[O-])cc2[nH]1. The Kier molecular flexibility index (Phi) is 3.74. The van der Waals surface area contributed by atoms with Crippen LogP contribution >= 0.6 is 0 Å². The zero-order valence-corrected chi connectivity index (χ0v) is 12.0. The maximum atomic E-state index is 10.8. The molecule has 2 heterocycles. The first-order valence-corrected chi connectivity index (χ1v) is 7.22. The summed E-state index contributed by atoms with van der Waals surface area (Å²) in [5.41, 5.74) is 1.52. The molecule has 1 aliphatic rings. The van der Waals surface area contributed by atoms with Crippen LogP contribution in [0, 0.1) is 10.1 Å². The van der Waals surface area contributed by atoms with Crippen molar-refractivity contribution in [1.82, 2.24) is 15.3 Å². The topological polar surface area (TPSA) is 87.1 Å². The van der Waals surface area contributed by atoms with Gasteiger partial charge in [0.2, 0.25) is 5.95 Å². The van der Waals surface area contributed by atoms with Gasteiger partial charge < -0.3 is 15.2 Å². The number of H-pyrrole nitrogens is 1. The average Bonchev–Trinajstić information content (AvgIpc) is 2.91. The number of nitrogens with one attached hydrogen (secondary N) is 2. The number of nitro benzene ring substituents is 1. The first kappa shape index (κ1) is 13.8. The van der Waals surface area contributed by atoms with Gasteiger partial charge in [0.1, 0.15) is 0 Å². The molecule has 1 saturated heterocycles. The van der Waals surface area contributed by atoms with Crippen LogP contribution in [-0.4, -0.2) is 41.1 Å². The van der Waals surface area contributed by atoms with Gasteiger partial charge in [0, 0.05) is 31.8 Å². The number of piperidine rings is 1. The van der Waals surface area contributed by atoms with Crippen molar-refractivity contribution < 1.29 is 4.92 Å². The molecule has 1 atom stereocenters. The average molecular weight is 289 g/mol. The Morgan fingerprint density at radius 1 is 1.48 bits per heavy atom.